The lowest BCUT2D eigenvalue weighted by Gasteiger charge is -2.21. The number of piperidine rings is 1. The predicted molar refractivity (Wildman–Crippen MR) is 75.0 cm³/mol. The second kappa shape index (κ2) is 5.66. The van der Waals surface area contributed by atoms with Crippen LogP contribution < -0.4 is 0 Å². The van der Waals surface area contributed by atoms with E-state index in [0.29, 0.717) is 5.92 Å². The van der Waals surface area contributed by atoms with Crippen molar-refractivity contribution in [3.05, 3.63) is 11.4 Å². The van der Waals surface area contributed by atoms with Crippen LogP contribution in [0.25, 0.3) is 0 Å². The fourth-order valence-electron chi connectivity index (χ4n) is 3.53. The van der Waals surface area contributed by atoms with Crippen LogP contribution in [0.3, 0.4) is 0 Å². The quantitative estimate of drug-likeness (QED) is 0.766. The smallest absolute Gasteiger partial charge is 0.0821 e. The van der Waals surface area contributed by atoms with Crippen molar-refractivity contribution in [1.82, 2.24) is 13.6 Å². The topological polar surface area (TPSA) is 29.0 Å². The molecule has 4 heteroatoms. The Morgan fingerprint density at radius 2 is 2.22 bits per heavy atom. The molecule has 3 nitrogen and oxygen atoms in total. The van der Waals surface area contributed by atoms with E-state index in [0.717, 1.165) is 12.3 Å². The summed E-state index contributed by atoms with van der Waals surface area (Å²) in [4.78, 5) is 2.62. The van der Waals surface area contributed by atoms with Gasteiger partial charge in [-0.25, -0.2) is 0 Å². The summed E-state index contributed by atoms with van der Waals surface area (Å²) in [5, 5.41) is 0. The van der Waals surface area contributed by atoms with Crippen molar-refractivity contribution >= 4 is 11.7 Å². The number of aromatic nitrogens is 2. The maximum Gasteiger partial charge on any atom is 0.0821 e. The van der Waals surface area contributed by atoms with E-state index in [-0.39, 0.29) is 0 Å². The van der Waals surface area contributed by atoms with Crippen molar-refractivity contribution in [3.63, 3.8) is 0 Å². The van der Waals surface area contributed by atoms with Crippen LogP contribution in [0, 0.1) is 5.92 Å². The zero-order valence-electron chi connectivity index (χ0n) is 11.3. The van der Waals surface area contributed by atoms with E-state index in [1.54, 1.807) is 0 Å². The Hall–Kier alpha value is -0.480. The molecule has 0 spiro atoms. The third-order valence-electron chi connectivity index (χ3n) is 4.52. The number of unbranched alkanes of at least 4 members (excludes halogenated alkanes) is 2. The molecule has 0 amide bonds. The minimum atomic E-state index is 0.683. The SMILES string of the molecule is CCCCCc1nsnc1C1CN2CCCC1C2. The number of nitrogens with zero attached hydrogens (tertiary/aromatic N) is 3. The second-order valence-corrected chi connectivity index (χ2v) is 6.35. The number of hydrogen-bond acceptors (Lipinski definition) is 4. The Morgan fingerprint density at radius 1 is 1.28 bits per heavy atom. The lowest BCUT2D eigenvalue weighted by molar-refractivity contribution is 0.269. The van der Waals surface area contributed by atoms with E-state index in [9.17, 15) is 0 Å². The highest BCUT2D eigenvalue weighted by Gasteiger charge is 2.38. The molecule has 0 aliphatic carbocycles. The molecule has 100 valence electrons. The summed E-state index contributed by atoms with van der Waals surface area (Å²) in [5.74, 6) is 1.54. The summed E-state index contributed by atoms with van der Waals surface area (Å²) in [6.07, 6.45) is 7.79. The van der Waals surface area contributed by atoms with Gasteiger partial charge < -0.3 is 4.90 Å². The van der Waals surface area contributed by atoms with Crippen LogP contribution in [0.2, 0.25) is 0 Å². The molecule has 3 atom stereocenters. The first-order valence-corrected chi connectivity index (χ1v) is 8.15. The Morgan fingerprint density at radius 3 is 3.06 bits per heavy atom. The molecule has 1 aromatic rings. The number of fused-ring (bicyclic) bond motifs is 2. The number of aryl methyl sites for hydroxylation is 1. The Labute approximate surface area is 114 Å². The van der Waals surface area contributed by atoms with Gasteiger partial charge in [0.1, 0.15) is 0 Å². The predicted octanol–water partition coefficient (Wildman–Crippen LogP) is 3.08. The standard InChI is InChI=1S/C14H23N3S/c1-2-3-4-7-13-14(16-18-15-13)12-10-17-8-5-6-11(12)9-17/h11-12H,2-10H2,1H3. The molecule has 18 heavy (non-hydrogen) atoms. The summed E-state index contributed by atoms with van der Waals surface area (Å²) in [7, 11) is 0. The molecule has 0 saturated carbocycles. The van der Waals surface area contributed by atoms with Crippen molar-refractivity contribution in [3.8, 4) is 0 Å². The zero-order valence-corrected chi connectivity index (χ0v) is 12.1. The molecule has 2 fully saturated rings. The van der Waals surface area contributed by atoms with Gasteiger partial charge in [0.05, 0.1) is 23.1 Å². The Bertz CT molecular complexity index is 390. The molecule has 3 rings (SSSR count). The van der Waals surface area contributed by atoms with Gasteiger partial charge in [-0.2, -0.15) is 8.75 Å². The van der Waals surface area contributed by atoms with Gasteiger partial charge in [0.15, 0.2) is 0 Å². The lowest BCUT2D eigenvalue weighted by atomic mass is 9.87. The molecule has 0 aromatic carbocycles. The highest BCUT2D eigenvalue weighted by Crippen LogP contribution is 2.39. The molecule has 2 aliphatic heterocycles. The molecular weight excluding hydrogens is 242 g/mol. The molecule has 2 saturated heterocycles. The van der Waals surface area contributed by atoms with E-state index >= 15 is 0 Å². The third kappa shape index (κ3) is 2.45. The number of hydrogen-bond donors (Lipinski definition) is 0. The largest absolute Gasteiger partial charge is 0.302 e. The van der Waals surface area contributed by atoms with Crippen LogP contribution in [0.4, 0.5) is 0 Å². The van der Waals surface area contributed by atoms with Crippen molar-refractivity contribution in [1.29, 1.82) is 0 Å². The van der Waals surface area contributed by atoms with Crippen LogP contribution >= 0.6 is 11.7 Å². The lowest BCUT2D eigenvalue weighted by Crippen LogP contribution is -2.25. The van der Waals surface area contributed by atoms with Crippen molar-refractivity contribution < 1.29 is 0 Å². The van der Waals surface area contributed by atoms with Gasteiger partial charge in [0.25, 0.3) is 0 Å². The average molecular weight is 265 g/mol. The first-order chi connectivity index (χ1) is 8.88. The van der Waals surface area contributed by atoms with Gasteiger partial charge >= 0.3 is 0 Å². The third-order valence-corrected chi connectivity index (χ3v) is 5.10. The molecular formula is C14H23N3S. The molecule has 0 N–H and O–H groups in total. The minimum absolute atomic E-state index is 0.683. The van der Waals surface area contributed by atoms with Crippen molar-refractivity contribution in [2.24, 2.45) is 5.92 Å². The summed E-state index contributed by atoms with van der Waals surface area (Å²) in [6, 6.07) is 0. The van der Waals surface area contributed by atoms with E-state index in [1.807, 2.05) is 0 Å². The fourth-order valence-corrected chi connectivity index (χ4v) is 4.19. The van der Waals surface area contributed by atoms with Gasteiger partial charge in [-0.05, 0) is 38.1 Å². The van der Waals surface area contributed by atoms with E-state index in [1.165, 1.54) is 74.9 Å². The maximum absolute atomic E-state index is 4.64. The van der Waals surface area contributed by atoms with Gasteiger partial charge in [-0.3, -0.25) is 0 Å². The molecule has 3 unspecified atom stereocenters. The zero-order chi connectivity index (χ0) is 12.4. The normalized spacial score (nSPS) is 30.8. The minimum Gasteiger partial charge on any atom is -0.302 e. The van der Waals surface area contributed by atoms with Crippen molar-refractivity contribution in [2.45, 2.75) is 51.4 Å². The first-order valence-electron chi connectivity index (χ1n) is 7.42. The second-order valence-electron chi connectivity index (χ2n) is 5.82. The summed E-state index contributed by atoms with van der Waals surface area (Å²) in [5.41, 5.74) is 2.66. The summed E-state index contributed by atoms with van der Waals surface area (Å²) >= 11 is 1.43. The van der Waals surface area contributed by atoms with Crippen LogP contribution in [0.15, 0.2) is 0 Å². The van der Waals surface area contributed by atoms with E-state index in [4.69, 9.17) is 0 Å². The van der Waals surface area contributed by atoms with Crippen molar-refractivity contribution in [2.75, 3.05) is 19.6 Å². The molecule has 1 aromatic heterocycles. The van der Waals surface area contributed by atoms with Crippen LogP contribution in [0.5, 0.6) is 0 Å². The molecule has 2 aliphatic rings. The average Bonchev–Trinajstić information content (AvgIpc) is 2.95. The molecule has 0 radical (unpaired) electrons. The molecule has 2 bridgehead atoms. The van der Waals surface area contributed by atoms with Gasteiger partial charge in [-0.15, -0.1) is 0 Å². The van der Waals surface area contributed by atoms with E-state index < -0.39 is 0 Å². The molecule has 3 heterocycles. The highest BCUT2D eigenvalue weighted by atomic mass is 32.1. The van der Waals surface area contributed by atoms with Gasteiger partial charge in [0, 0.05) is 19.0 Å². The van der Waals surface area contributed by atoms with Gasteiger partial charge in [-0.1, -0.05) is 19.8 Å². The van der Waals surface area contributed by atoms with Crippen LogP contribution in [0.1, 0.15) is 56.3 Å². The maximum atomic E-state index is 4.64. The Kier molecular flexibility index (Phi) is 3.94. The highest BCUT2D eigenvalue weighted by molar-refractivity contribution is 6.99. The fraction of sp³-hybridized carbons (Fsp3) is 0.857. The number of rotatable bonds is 5. The first kappa shape index (κ1) is 12.5. The monoisotopic (exact) mass is 265 g/mol. The van der Waals surface area contributed by atoms with Crippen LogP contribution in [-0.2, 0) is 6.42 Å². The van der Waals surface area contributed by atoms with Gasteiger partial charge in [0.2, 0.25) is 0 Å². The van der Waals surface area contributed by atoms with Crippen LogP contribution in [-0.4, -0.2) is 33.3 Å². The summed E-state index contributed by atoms with van der Waals surface area (Å²) < 4.78 is 9.20. The Balaban J connectivity index is 1.70. The summed E-state index contributed by atoms with van der Waals surface area (Å²) in [6.45, 7) is 6.09. The van der Waals surface area contributed by atoms with E-state index in [2.05, 4.69) is 20.6 Å².